The molecule has 0 aliphatic carbocycles. The van der Waals surface area contributed by atoms with E-state index in [4.69, 9.17) is 33.7 Å². The largest absolute Gasteiger partial charge is 0.432 e. The fourth-order valence-electron chi connectivity index (χ4n) is 1.58. The molecule has 1 atom stereocenters. The van der Waals surface area contributed by atoms with Crippen molar-refractivity contribution in [2.24, 2.45) is 5.73 Å². The van der Waals surface area contributed by atoms with Gasteiger partial charge in [-0.1, -0.05) is 29.3 Å². The highest BCUT2D eigenvalue weighted by atomic mass is 35.5. The van der Waals surface area contributed by atoms with Crippen LogP contribution in [0.2, 0.25) is 10.0 Å². The average Bonchev–Trinajstić information content (AvgIpc) is 2.43. The van der Waals surface area contributed by atoms with Crippen LogP contribution >= 0.6 is 23.2 Å². The number of rotatable bonds is 4. The molecule has 2 N–H and O–H groups in total. The Morgan fingerprint density at radius 2 is 2.00 bits per heavy atom. The maximum Gasteiger partial charge on any atom is 0.313 e. The van der Waals surface area contributed by atoms with Gasteiger partial charge in [-0.3, -0.25) is 10.1 Å². The van der Waals surface area contributed by atoms with Crippen molar-refractivity contribution in [3.8, 4) is 11.6 Å². The Morgan fingerprint density at radius 3 is 2.52 bits per heavy atom. The minimum absolute atomic E-state index is 0.0320. The summed E-state index contributed by atoms with van der Waals surface area (Å²) in [6.07, 6.45) is 1.54. The van der Waals surface area contributed by atoms with E-state index in [0.717, 1.165) is 11.6 Å². The summed E-state index contributed by atoms with van der Waals surface area (Å²) < 4.78 is 5.40. The Balaban J connectivity index is 2.34. The minimum Gasteiger partial charge on any atom is -0.432 e. The highest BCUT2D eigenvalue weighted by molar-refractivity contribution is 6.42. The number of hydrogen-bond donors (Lipinski definition) is 1. The molecule has 0 bridgehead atoms. The predicted octanol–water partition coefficient (Wildman–Crippen LogP) is 4.11. The third-order valence-corrected chi connectivity index (χ3v) is 3.42. The average molecular weight is 328 g/mol. The molecular weight excluding hydrogens is 317 g/mol. The lowest BCUT2D eigenvalue weighted by Gasteiger charge is -2.08. The molecule has 0 fully saturated rings. The van der Waals surface area contributed by atoms with Crippen molar-refractivity contribution in [2.75, 3.05) is 0 Å². The normalized spacial score (nSPS) is 12.0. The van der Waals surface area contributed by atoms with Gasteiger partial charge in [0.1, 0.15) is 0 Å². The number of nitrogens with zero attached hydrogens (tertiary/aromatic N) is 2. The zero-order chi connectivity index (χ0) is 15.6. The lowest BCUT2D eigenvalue weighted by Crippen LogP contribution is -2.05. The van der Waals surface area contributed by atoms with Crippen LogP contribution in [0, 0.1) is 10.1 Å². The molecule has 21 heavy (non-hydrogen) atoms. The Labute approximate surface area is 130 Å². The summed E-state index contributed by atoms with van der Waals surface area (Å²) in [5.74, 6) is 0.163. The number of pyridine rings is 1. The summed E-state index contributed by atoms with van der Waals surface area (Å²) >= 11 is 11.6. The predicted molar refractivity (Wildman–Crippen MR) is 80.0 cm³/mol. The Morgan fingerprint density at radius 1 is 1.33 bits per heavy atom. The van der Waals surface area contributed by atoms with Crippen LogP contribution in [0.15, 0.2) is 30.5 Å². The highest BCUT2D eigenvalue weighted by Gasteiger charge is 2.19. The summed E-state index contributed by atoms with van der Waals surface area (Å²) in [6, 6.07) is 5.56. The molecule has 6 nitrogen and oxygen atoms in total. The summed E-state index contributed by atoms with van der Waals surface area (Å²) in [7, 11) is 0. The second-order valence-corrected chi connectivity index (χ2v) is 5.13. The second-order valence-electron chi connectivity index (χ2n) is 4.31. The van der Waals surface area contributed by atoms with Gasteiger partial charge in [-0.25, -0.2) is 4.98 Å². The van der Waals surface area contributed by atoms with Crippen LogP contribution in [0.4, 0.5) is 5.69 Å². The van der Waals surface area contributed by atoms with Gasteiger partial charge >= 0.3 is 5.69 Å². The van der Waals surface area contributed by atoms with E-state index in [1.165, 1.54) is 6.07 Å². The van der Waals surface area contributed by atoms with Crippen molar-refractivity contribution in [3.05, 3.63) is 56.2 Å². The number of nitro benzene ring substituents is 1. The number of benzene rings is 1. The maximum absolute atomic E-state index is 11.0. The van der Waals surface area contributed by atoms with E-state index < -0.39 is 4.92 Å². The van der Waals surface area contributed by atoms with Crippen LogP contribution in [0.5, 0.6) is 11.6 Å². The van der Waals surface area contributed by atoms with E-state index in [2.05, 4.69) is 4.98 Å². The van der Waals surface area contributed by atoms with Crippen molar-refractivity contribution in [3.63, 3.8) is 0 Å². The Kier molecular flexibility index (Phi) is 4.62. The van der Waals surface area contributed by atoms with Crippen LogP contribution in [0.25, 0.3) is 0 Å². The van der Waals surface area contributed by atoms with Gasteiger partial charge in [0, 0.05) is 30.4 Å². The van der Waals surface area contributed by atoms with Crippen molar-refractivity contribution < 1.29 is 9.66 Å². The third-order valence-electron chi connectivity index (χ3n) is 2.70. The lowest BCUT2D eigenvalue weighted by molar-refractivity contribution is -0.385. The quantitative estimate of drug-likeness (QED) is 0.673. The van der Waals surface area contributed by atoms with Gasteiger partial charge in [-0.2, -0.15) is 0 Å². The Hall–Kier alpha value is -1.89. The number of nitrogens with two attached hydrogens (primary N) is 1. The zero-order valence-corrected chi connectivity index (χ0v) is 12.4. The van der Waals surface area contributed by atoms with Gasteiger partial charge in [0.2, 0.25) is 11.6 Å². The Bertz CT molecular complexity index is 675. The molecule has 0 saturated heterocycles. The highest BCUT2D eigenvalue weighted by Crippen LogP contribution is 2.37. The first kappa shape index (κ1) is 15.5. The van der Waals surface area contributed by atoms with Gasteiger partial charge in [-0.15, -0.1) is 0 Å². The zero-order valence-electron chi connectivity index (χ0n) is 10.9. The standard InChI is InChI=1S/C13H11Cl2N3O3/c1-7(16)8-2-3-13(17-6-8)21-12-5-10(15)9(14)4-11(12)18(19)20/h2-7H,16H2,1H3/t7-/m0/s1. The second kappa shape index (κ2) is 6.26. The summed E-state index contributed by atoms with van der Waals surface area (Å²) in [6.45, 7) is 1.82. The van der Waals surface area contributed by atoms with Gasteiger partial charge in [-0.05, 0) is 12.5 Å². The minimum atomic E-state index is -0.603. The molecule has 0 aliphatic rings. The van der Waals surface area contributed by atoms with Crippen molar-refractivity contribution in [1.29, 1.82) is 0 Å². The first-order chi connectivity index (χ1) is 9.88. The van der Waals surface area contributed by atoms with E-state index in [9.17, 15) is 10.1 Å². The summed E-state index contributed by atoms with van der Waals surface area (Å²) in [5, 5.41) is 11.2. The molecule has 0 aliphatic heterocycles. The molecule has 8 heteroatoms. The first-order valence-electron chi connectivity index (χ1n) is 5.91. The molecule has 2 rings (SSSR count). The van der Waals surface area contributed by atoms with Gasteiger partial charge in [0.05, 0.1) is 15.0 Å². The van der Waals surface area contributed by atoms with E-state index in [1.807, 2.05) is 6.92 Å². The molecular formula is C13H11Cl2N3O3. The summed E-state index contributed by atoms with van der Waals surface area (Å²) in [5.41, 5.74) is 6.25. The molecule has 1 aromatic carbocycles. The van der Waals surface area contributed by atoms with Gasteiger partial charge in [0.25, 0.3) is 0 Å². The monoisotopic (exact) mass is 327 g/mol. The van der Waals surface area contributed by atoms with Gasteiger partial charge < -0.3 is 10.5 Å². The number of halogens is 2. The third kappa shape index (κ3) is 3.60. The van der Waals surface area contributed by atoms with Crippen LogP contribution in [-0.2, 0) is 0 Å². The van der Waals surface area contributed by atoms with Crippen molar-refractivity contribution >= 4 is 28.9 Å². The molecule has 110 valence electrons. The number of hydrogen-bond acceptors (Lipinski definition) is 5. The number of aromatic nitrogens is 1. The molecule has 1 aromatic heterocycles. The molecule has 0 radical (unpaired) electrons. The van der Waals surface area contributed by atoms with E-state index in [0.29, 0.717) is 0 Å². The molecule has 0 unspecified atom stereocenters. The van der Waals surface area contributed by atoms with Crippen LogP contribution in [0.1, 0.15) is 18.5 Å². The van der Waals surface area contributed by atoms with Crippen LogP contribution in [-0.4, -0.2) is 9.91 Å². The van der Waals surface area contributed by atoms with Gasteiger partial charge in [0.15, 0.2) is 0 Å². The molecule has 0 amide bonds. The first-order valence-corrected chi connectivity index (χ1v) is 6.67. The van der Waals surface area contributed by atoms with Crippen molar-refractivity contribution in [1.82, 2.24) is 4.98 Å². The fraction of sp³-hybridized carbons (Fsp3) is 0.154. The molecule has 0 saturated carbocycles. The summed E-state index contributed by atoms with van der Waals surface area (Å²) in [4.78, 5) is 14.4. The maximum atomic E-state index is 11.0. The fourth-order valence-corrected chi connectivity index (χ4v) is 1.89. The van der Waals surface area contributed by atoms with Crippen LogP contribution in [0.3, 0.4) is 0 Å². The number of nitro groups is 1. The number of ether oxygens (including phenoxy) is 1. The molecule has 2 aromatic rings. The topological polar surface area (TPSA) is 91.3 Å². The lowest BCUT2D eigenvalue weighted by atomic mass is 10.2. The van der Waals surface area contributed by atoms with E-state index in [1.54, 1.807) is 18.3 Å². The molecule has 0 spiro atoms. The van der Waals surface area contributed by atoms with E-state index in [-0.39, 0.29) is 33.4 Å². The molecule has 1 heterocycles. The smallest absolute Gasteiger partial charge is 0.313 e. The SMILES string of the molecule is C[C@H](N)c1ccc(Oc2cc(Cl)c(Cl)cc2[N+](=O)[O-])nc1. The van der Waals surface area contributed by atoms with Crippen LogP contribution < -0.4 is 10.5 Å². The van der Waals surface area contributed by atoms with Crippen molar-refractivity contribution in [2.45, 2.75) is 13.0 Å². The van der Waals surface area contributed by atoms with E-state index >= 15 is 0 Å².